The second-order valence-corrected chi connectivity index (χ2v) is 9.93. The minimum atomic E-state index is -0.412. The third-order valence-electron chi connectivity index (χ3n) is 6.92. The van der Waals surface area contributed by atoms with Gasteiger partial charge in [0.25, 0.3) is 0 Å². The van der Waals surface area contributed by atoms with E-state index >= 15 is 0 Å². The molecule has 3 N–H and O–H groups in total. The number of hydrogen-bond donors (Lipinski definition) is 2. The number of nitrogens with one attached hydrogen (secondary N) is 1. The number of carbonyl (C=O) groups is 1. The van der Waals surface area contributed by atoms with Gasteiger partial charge in [0.15, 0.2) is 6.29 Å². The molecule has 0 amide bonds. The molecular weight excluding hydrogens is 454 g/mol. The van der Waals surface area contributed by atoms with Crippen LogP contribution in [0.4, 0.5) is 0 Å². The largest absolute Gasteiger partial charge is 0.465 e. The number of hydrogen-bond acceptors (Lipinski definition) is 8. The number of allylic oxidation sites excluding steroid dienone is 1. The zero-order valence-electron chi connectivity index (χ0n) is 22.4. The van der Waals surface area contributed by atoms with Gasteiger partial charge in [-0.25, -0.2) is 0 Å². The molecule has 8 nitrogen and oxygen atoms in total. The molecule has 1 aromatic carbocycles. The predicted molar refractivity (Wildman–Crippen MR) is 144 cm³/mol. The molecule has 2 heterocycles. The van der Waals surface area contributed by atoms with E-state index in [0.29, 0.717) is 25.5 Å². The third-order valence-corrected chi connectivity index (χ3v) is 6.92. The van der Waals surface area contributed by atoms with E-state index in [9.17, 15) is 4.79 Å². The SMILES string of the molecule is CCCCCNC1=CC(C)=NC(N)N1Cc1ccc(CC(=O)OCC2CCN(CCOC)CC2)cc1. The summed E-state index contributed by atoms with van der Waals surface area (Å²) in [5.41, 5.74) is 9.36. The van der Waals surface area contributed by atoms with Gasteiger partial charge in [0.2, 0.25) is 0 Å². The molecule has 1 unspecified atom stereocenters. The number of unbranched alkanes of at least 4 members (excludes halogenated alkanes) is 2. The van der Waals surface area contributed by atoms with Crippen LogP contribution in [0.2, 0.25) is 0 Å². The topological polar surface area (TPSA) is 92.4 Å². The number of ether oxygens (including phenoxy) is 2. The van der Waals surface area contributed by atoms with Crippen LogP contribution in [0.25, 0.3) is 0 Å². The summed E-state index contributed by atoms with van der Waals surface area (Å²) < 4.78 is 10.8. The van der Waals surface area contributed by atoms with Gasteiger partial charge in [-0.05, 0) is 62.4 Å². The molecular formula is C28H45N5O3. The molecule has 1 saturated heterocycles. The fourth-order valence-electron chi connectivity index (χ4n) is 4.65. The molecule has 0 bridgehead atoms. The van der Waals surface area contributed by atoms with E-state index in [4.69, 9.17) is 15.2 Å². The van der Waals surface area contributed by atoms with E-state index in [1.807, 2.05) is 19.1 Å². The minimum Gasteiger partial charge on any atom is -0.465 e. The molecule has 3 rings (SSSR count). The first kappa shape index (κ1) is 28.2. The van der Waals surface area contributed by atoms with Crippen LogP contribution in [0.3, 0.4) is 0 Å². The lowest BCUT2D eigenvalue weighted by Crippen LogP contribution is -2.46. The maximum atomic E-state index is 12.4. The van der Waals surface area contributed by atoms with Crippen molar-refractivity contribution in [2.24, 2.45) is 16.6 Å². The number of rotatable bonds is 14. The molecule has 0 aliphatic carbocycles. The first-order valence-corrected chi connectivity index (χ1v) is 13.5. The van der Waals surface area contributed by atoms with Gasteiger partial charge in [-0.15, -0.1) is 0 Å². The summed E-state index contributed by atoms with van der Waals surface area (Å²) in [6.45, 7) is 10.1. The average Bonchev–Trinajstić information content (AvgIpc) is 2.87. The van der Waals surface area contributed by atoms with Crippen molar-refractivity contribution in [1.82, 2.24) is 15.1 Å². The number of piperidine rings is 1. The van der Waals surface area contributed by atoms with Crippen molar-refractivity contribution in [2.75, 3.05) is 46.5 Å². The summed E-state index contributed by atoms with van der Waals surface area (Å²) in [5.74, 6) is 1.31. The quantitative estimate of drug-likeness (QED) is 0.300. The van der Waals surface area contributed by atoms with Crippen molar-refractivity contribution in [3.63, 3.8) is 0 Å². The van der Waals surface area contributed by atoms with Crippen molar-refractivity contribution in [3.8, 4) is 0 Å². The Balaban J connectivity index is 1.43. The Bertz CT molecular complexity index is 862. The van der Waals surface area contributed by atoms with Crippen LogP contribution in [-0.2, 0) is 27.2 Å². The van der Waals surface area contributed by atoms with Gasteiger partial charge in [0, 0.05) is 32.5 Å². The van der Waals surface area contributed by atoms with Crippen LogP contribution in [0, 0.1) is 5.92 Å². The monoisotopic (exact) mass is 499 g/mol. The van der Waals surface area contributed by atoms with Gasteiger partial charge in [-0.2, -0.15) is 0 Å². The number of aliphatic imine (C=N–C) groups is 1. The van der Waals surface area contributed by atoms with Gasteiger partial charge < -0.3 is 24.6 Å². The summed E-state index contributed by atoms with van der Waals surface area (Å²) >= 11 is 0. The molecule has 1 aromatic rings. The molecule has 200 valence electrons. The minimum absolute atomic E-state index is 0.158. The van der Waals surface area contributed by atoms with Crippen molar-refractivity contribution in [3.05, 3.63) is 47.3 Å². The van der Waals surface area contributed by atoms with E-state index < -0.39 is 6.29 Å². The molecule has 0 saturated carbocycles. The van der Waals surface area contributed by atoms with E-state index in [-0.39, 0.29) is 5.97 Å². The normalized spacial score (nSPS) is 19.1. The van der Waals surface area contributed by atoms with Gasteiger partial charge in [-0.3, -0.25) is 15.5 Å². The zero-order valence-corrected chi connectivity index (χ0v) is 22.4. The Morgan fingerprint density at radius 2 is 1.89 bits per heavy atom. The highest BCUT2D eigenvalue weighted by Gasteiger charge is 2.22. The van der Waals surface area contributed by atoms with Crippen molar-refractivity contribution < 1.29 is 14.3 Å². The van der Waals surface area contributed by atoms with Gasteiger partial charge in [0.05, 0.1) is 19.6 Å². The van der Waals surface area contributed by atoms with Crippen molar-refractivity contribution in [2.45, 2.75) is 65.2 Å². The first-order chi connectivity index (χ1) is 17.5. The smallest absolute Gasteiger partial charge is 0.310 e. The summed E-state index contributed by atoms with van der Waals surface area (Å²) in [5, 5.41) is 3.53. The lowest BCUT2D eigenvalue weighted by Gasteiger charge is -2.34. The molecule has 1 atom stereocenters. The standard InChI is InChI=1S/C28H45N5O3/c1-4-5-6-13-30-26-18-22(2)31-28(29)33(26)20-24-9-7-23(8-10-24)19-27(34)36-21-25-11-14-32(15-12-25)16-17-35-3/h7-10,18,25,28,30H,4-6,11-17,19-21,29H2,1-3H3. The summed E-state index contributed by atoms with van der Waals surface area (Å²) in [4.78, 5) is 21.4. The fourth-order valence-corrected chi connectivity index (χ4v) is 4.65. The lowest BCUT2D eigenvalue weighted by molar-refractivity contribution is -0.144. The van der Waals surface area contributed by atoms with Crippen LogP contribution in [0.1, 0.15) is 57.1 Å². The molecule has 0 radical (unpaired) electrons. The molecule has 8 heteroatoms. The molecule has 2 aliphatic rings. The highest BCUT2D eigenvalue weighted by Crippen LogP contribution is 2.19. The van der Waals surface area contributed by atoms with Crippen LogP contribution >= 0.6 is 0 Å². The Morgan fingerprint density at radius 1 is 1.17 bits per heavy atom. The first-order valence-electron chi connectivity index (χ1n) is 13.5. The number of likely N-dealkylation sites (tertiary alicyclic amines) is 1. The van der Waals surface area contributed by atoms with E-state index in [1.54, 1.807) is 7.11 Å². The van der Waals surface area contributed by atoms with Crippen LogP contribution in [-0.4, -0.2) is 74.3 Å². The second kappa shape index (κ2) is 15.0. The number of nitrogens with zero attached hydrogens (tertiary/aromatic N) is 3. The van der Waals surface area contributed by atoms with E-state index in [2.05, 4.69) is 45.2 Å². The number of carbonyl (C=O) groups excluding carboxylic acids is 1. The molecule has 0 spiro atoms. The van der Waals surface area contributed by atoms with Gasteiger partial charge in [-0.1, -0.05) is 44.0 Å². The highest BCUT2D eigenvalue weighted by atomic mass is 16.5. The Morgan fingerprint density at radius 3 is 2.58 bits per heavy atom. The van der Waals surface area contributed by atoms with Crippen LogP contribution in [0.5, 0.6) is 0 Å². The van der Waals surface area contributed by atoms with E-state index in [0.717, 1.165) is 74.7 Å². The molecule has 0 aromatic heterocycles. The number of methoxy groups -OCH3 is 1. The number of nitrogens with two attached hydrogens (primary N) is 1. The summed E-state index contributed by atoms with van der Waals surface area (Å²) in [7, 11) is 1.74. The fraction of sp³-hybridized carbons (Fsp3) is 0.643. The summed E-state index contributed by atoms with van der Waals surface area (Å²) in [6, 6.07) is 8.13. The lowest BCUT2D eigenvalue weighted by atomic mass is 9.98. The van der Waals surface area contributed by atoms with Gasteiger partial charge >= 0.3 is 5.97 Å². The highest BCUT2D eigenvalue weighted by molar-refractivity contribution is 5.93. The third kappa shape index (κ3) is 9.22. The number of benzene rings is 1. The maximum absolute atomic E-state index is 12.4. The maximum Gasteiger partial charge on any atom is 0.310 e. The van der Waals surface area contributed by atoms with Crippen LogP contribution < -0.4 is 11.1 Å². The van der Waals surface area contributed by atoms with Gasteiger partial charge in [0.1, 0.15) is 5.82 Å². The van der Waals surface area contributed by atoms with Crippen LogP contribution in [0.15, 0.2) is 41.2 Å². The zero-order chi connectivity index (χ0) is 25.8. The Kier molecular flexibility index (Phi) is 11.7. The Hall–Kier alpha value is -2.42. The average molecular weight is 500 g/mol. The summed E-state index contributed by atoms with van der Waals surface area (Å²) in [6.07, 6.45) is 7.61. The Labute approximate surface area is 216 Å². The van der Waals surface area contributed by atoms with Crippen molar-refractivity contribution >= 4 is 11.7 Å². The number of esters is 1. The second-order valence-electron chi connectivity index (χ2n) is 9.93. The van der Waals surface area contributed by atoms with E-state index in [1.165, 1.54) is 12.8 Å². The molecule has 2 aliphatic heterocycles. The van der Waals surface area contributed by atoms with Crippen molar-refractivity contribution in [1.29, 1.82) is 0 Å². The molecule has 36 heavy (non-hydrogen) atoms. The molecule has 1 fully saturated rings. The predicted octanol–water partition coefficient (Wildman–Crippen LogP) is 3.27.